The molecular weight excluding hydrogens is 189 g/mol. The summed E-state index contributed by atoms with van der Waals surface area (Å²) in [5, 5.41) is 0. The van der Waals surface area contributed by atoms with Gasteiger partial charge in [-0.25, -0.2) is 0 Å². The lowest BCUT2D eigenvalue weighted by molar-refractivity contribution is -0.165. The third-order valence-electron chi connectivity index (χ3n) is 1.17. The van der Waals surface area contributed by atoms with Gasteiger partial charge in [-0.15, -0.1) is 0 Å². The Morgan fingerprint density at radius 3 is 2.15 bits per heavy atom. The third kappa shape index (κ3) is 6.12. The first-order chi connectivity index (χ1) is 5.72. The van der Waals surface area contributed by atoms with Crippen LogP contribution in [0, 0.1) is 0 Å². The van der Waals surface area contributed by atoms with E-state index in [9.17, 15) is 22.8 Å². The van der Waals surface area contributed by atoms with E-state index in [2.05, 4.69) is 4.74 Å². The highest BCUT2D eigenvalue weighted by Crippen LogP contribution is 2.20. The van der Waals surface area contributed by atoms with E-state index in [-0.39, 0.29) is 0 Å². The highest BCUT2D eigenvalue weighted by molar-refractivity contribution is 5.85. The molecule has 0 aromatic carbocycles. The van der Waals surface area contributed by atoms with Gasteiger partial charge in [0, 0.05) is 6.92 Å². The van der Waals surface area contributed by atoms with E-state index in [1.165, 1.54) is 0 Å². The lowest BCUT2D eigenvalue weighted by Gasteiger charge is -2.11. The Bertz CT molecular complexity index is 210. The van der Waals surface area contributed by atoms with E-state index in [1.807, 2.05) is 0 Å². The number of rotatable bonds is 3. The van der Waals surface area contributed by atoms with Gasteiger partial charge in [0.2, 0.25) is 0 Å². The van der Waals surface area contributed by atoms with Crippen molar-refractivity contribution in [1.82, 2.24) is 0 Å². The lowest BCUT2D eigenvalue weighted by atomic mass is 10.2. The van der Waals surface area contributed by atoms with E-state index in [1.54, 1.807) is 0 Å². The molecule has 0 spiro atoms. The maximum Gasteiger partial charge on any atom is 0.396 e. The molecule has 0 bridgehead atoms. The SMILES string of the molecule is CC(=O)OC(C)C(=O)CC(F)(F)F. The van der Waals surface area contributed by atoms with Gasteiger partial charge in [0.1, 0.15) is 6.42 Å². The molecule has 0 saturated carbocycles. The molecule has 0 aromatic rings. The molecule has 0 heterocycles. The van der Waals surface area contributed by atoms with Crippen LogP contribution in [0.4, 0.5) is 13.2 Å². The fourth-order valence-electron chi connectivity index (χ4n) is 0.656. The molecule has 0 aliphatic rings. The van der Waals surface area contributed by atoms with Gasteiger partial charge in [-0.05, 0) is 6.92 Å². The van der Waals surface area contributed by atoms with Crippen LogP contribution in [0.3, 0.4) is 0 Å². The highest BCUT2D eigenvalue weighted by Gasteiger charge is 2.33. The van der Waals surface area contributed by atoms with Crippen LogP contribution in [-0.4, -0.2) is 24.0 Å². The predicted octanol–water partition coefficient (Wildman–Crippen LogP) is 1.46. The molecule has 13 heavy (non-hydrogen) atoms. The molecule has 0 radical (unpaired) electrons. The van der Waals surface area contributed by atoms with E-state index in [0.717, 1.165) is 13.8 Å². The van der Waals surface area contributed by atoms with Crippen LogP contribution in [0.25, 0.3) is 0 Å². The van der Waals surface area contributed by atoms with E-state index < -0.39 is 30.5 Å². The van der Waals surface area contributed by atoms with Crippen molar-refractivity contribution in [3.63, 3.8) is 0 Å². The number of carbonyl (C=O) groups excluding carboxylic acids is 2. The summed E-state index contributed by atoms with van der Waals surface area (Å²) in [6, 6.07) is 0. The van der Waals surface area contributed by atoms with Gasteiger partial charge in [-0.1, -0.05) is 0 Å². The second-order valence-electron chi connectivity index (χ2n) is 2.51. The first-order valence-electron chi connectivity index (χ1n) is 3.49. The Kier molecular flexibility index (Phi) is 3.90. The fraction of sp³-hybridized carbons (Fsp3) is 0.714. The van der Waals surface area contributed by atoms with Gasteiger partial charge in [0.15, 0.2) is 11.9 Å². The number of carbonyl (C=O) groups is 2. The monoisotopic (exact) mass is 198 g/mol. The summed E-state index contributed by atoms with van der Waals surface area (Å²) < 4.78 is 39.2. The van der Waals surface area contributed by atoms with E-state index in [0.29, 0.717) is 0 Å². The topological polar surface area (TPSA) is 43.4 Å². The number of Topliss-reactive ketones (excluding diaryl/α,β-unsaturated/α-hetero) is 1. The van der Waals surface area contributed by atoms with Crippen molar-refractivity contribution in [3.05, 3.63) is 0 Å². The quantitative estimate of drug-likeness (QED) is 0.645. The van der Waals surface area contributed by atoms with Crippen LogP contribution in [-0.2, 0) is 14.3 Å². The molecule has 0 saturated heterocycles. The number of esters is 1. The van der Waals surface area contributed by atoms with Gasteiger partial charge in [-0.3, -0.25) is 9.59 Å². The zero-order chi connectivity index (χ0) is 10.6. The Morgan fingerprint density at radius 2 is 1.85 bits per heavy atom. The van der Waals surface area contributed by atoms with Crippen molar-refractivity contribution in [2.24, 2.45) is 0 Å². The molecule has 0 N–H and O–H groups in total. The molecule has 0 aromatic heterocycles. The van der Waals surface area contributed by atoms with Gasteiger partial charge in [-0.2, -0.15) is 13.2 Å². The summed E-state index contributed by atoms with van der Waals surface area (Å²) in [7, 11) is 0. The number of alkyl halides is 3. The molecular formula is C7H9F3O3. The molecule has 0 aliphatic carbocycles. The van der Waals surface area contributed by atoms with Crippen LogP contribution < -0.4 is 0 Å². The molecule has 0 rings (SSSR count). The maximum absolute atomic E-state index is 11.6. The van der Waals surface area contributed by atoms with Crippen LogP contribution in [0.15, 0.2) is 0 Å². The Balaban J connectivity index is 4.05. The predicted molar refractivity (Wildman–Crippen MR) is 36.9 cm³/mol. The number of hydrogen-bond donors (Lipinski definition) is 0. The number of hydrogen-bond acceptors (Lipinski definition) is 3. The molecule has 0 amide bonds. The molecule has 3 nitrogen and oxygen atoms in total. The van der Waals surface area contributed by atoms with Crippen molar-refractivity contribution in [1.29, 1.82) is 0 Å². The second-order valence-corrected chi connectivity index (χ2v) is 2.51. The van der Waals surface area contributed by atoms with Crippen molar-refractivity contribution >= 4 is 11.8 Å². The number of halogens is 3. The maximum atomic E-state index is 11.6. The first kappa shape index (κ1) is 11.9. The first-order valence-corrected chi connectivity index (χ1v) is 3.49. The molecule has 6 heteroatoms. The summed E-state index contributed by atoms with van der Waals surface area (Å²) in [5.74, 6) is -1.93. The summed E-state index contributed by atoms with van der Waals surface area (Å²) in [4.78, 5) is 21.0. The summed E-state index contributed by atoms with van der Waals surface area (Å²) in [6.45, 7) is 2.13. The minimum Gasteiger partial charge on any atom is -0.455 e. The third-order valence-corrected chi connectivity index (χ3v) is 1.17. The van der Waals surface area contributed by atoms with Crippen LogP contribution in [0.2, 0.25) is 0 Å². The van der Waals surface area contributed by atoms with E-state index in [4.69, 9.17) is 0 Å². The Hall–Kier alpha value is -1.07. The minimum atomic E-state index is -4.55. The lowest BCUT2D eigenvalue weighted by Crippen LogP contribution is -2.27. The highest BCUT2D eigenvalue weighted by atomic mass is 19.4. The molecule has 76 valence electrons. The Labute approximate surface area is 72.9 Å². The zero-order valence-corrected chi connectivity index (χ0v) is 7.14. The number of ether oxygens (including phenoxy) is 1. The van der Waals surface area contributed by atoms with Crippen LogP contribution in [0.5, 0.6) is 0 Å². The summed E-state index contributed by atoms with van der Waals surface area (Å²) in [6.07, 6.45) is -7.45. The largest absolute Gasteiger partial charge is 0.455 e. The smallest absolute Gasteiger partial charge is 0.396 e. The average Bonchev–Trinajstić information content (AvgIpc) is 1.81. The Morgan fingerprint density at radius 1 is 1.38 bits per heavy atom. The van der Waals surface area contributed by atoms with Crippen molar-refractivity contribution in [3.8, 4) is 0 Å². The minimum absolute atomic E-state index is 0.775. The number of ketones is 1. The molecule has 0 fully saturated rings. The summed E-state index contributed by atoms with van der Waals surface area (Å²) in [5.41, 5.74) is 0. The van der Waals surface area contributed by atoms with Crippen molar-refractivity contribution in [2.45, 2.75) is 32.5 Å². The normalized spacial score (nSPS) is 13.6. The van der Waals surface area contributed by atoms with E-state index >= 15 is 0 Å². The van der Waals surface area contributed by atoms with Crippen LogP contribution in [0.1, 0.15) is 20.3 Å². The van der Waals surface area contributed by atoms with Gasteiger partial charge >= 0.3 is 12.1 Å². The molecule has 1 atom stereocenters. The van der Waals surface area contributed by atoms with Gasteiger partial charge < -0.3 is 4.74 Å². The van der Waals surface area contributed by atoms with Crippen LogP contribution >= 0.6 is 0 Å². The van der Waals surface area contributed by atoms with Gasteiger partial charge in [0.25, 0.3) is 0 Å². The second kappa shape index (κ2) is 4.25. The molecule has 0 aliphatic heterocycles. The van der Waals surface area contributed by atoms with Crippen molar-refractivity contribution in [2.75, 3.05) is 0 Å². The zero-order valence-electron chi connectivity index (χ0n) is 7.14. The molecule has 1 unspecified atom stereocenters. The van der Waals surface area contributed by atoms with Gasteiger partial charge in [0.05, 0.1) is 0 Å². The average molecular weight is 198 g/mol. The standard InChI is InChI=1S/C7H9F3O3/c1-4(13-5(2)11)6(12)3-7(8,9)10/h4H,3H2,1-2H3. The summed E-state index contributed by atoms with van der Waals surface area (Å²) >= 11 is 0. The fourth-order valence-corrected chi connectivity index (χ4v) is 0.656. The van der Waals surface area contributed by atoms with Crippen molar-refractivity contribution < 1.29 is 27.5 Å².